The van der Waals surface area contributed by atoms with E-state index >= 15 is 0 Å². The van der Waals surface area contributed by atoms with Gasteiger partial charge in [-0.3, -0.25) is 4.79 Å². The van der Waals surface area contributed by atoms with Gasteiger partial charge in [-0.15, -0.1) is 0 Å². The molecule has 0 aromatic rings. The third-order valence-electron chi connectivity index (χ3n) is 3.50. The van der Waals surface area contributed by atoms with E-state index in [2.05, 4.69) is 5.32 Å². The van der Waals surface area contributed by atoms with Gasteiger partial charge in [-0.05, 0) is 25.7 Å². The maximum Gasteiger partial charge on any atom is 0.237 e. The van der Waals surface area contributed by atoms with Gasteiger partial charge < -0.3 is 15.8 Å². The molecular weight excluding hydrogens is 204 g/mol. The van der Waals surface area contributed by atoms with Crippen LogP contribution in [0.15, 0.2) is 0 Å². The van der Waals surface area contributed by atoms with Crippen LogP contribution in [0.2, 0.25) is 0 Å². The van der Waals surface area contributed by atoms with Crippen molar-refractivity contribution < 1.29 is 9.53 Å². The van der Waals surface area contributed by atoms with Crippen LogP contribution in [0.4, 0.5) is 0 Å². The lowest BCUT2D eigenvalue weighted by Crippen LogP contribution is -2.49. The summed E-state index contributed by atoms with van der Waals surface area (Å²) in [5, 5.41) is 2.89. The summed E-state index contributed by atoms with van der Waals surface area (Å²) in [6.45, 7) is 7.44. The first-order chi connectivity index (χ1) is 7.48. The third kappa shape index (κ3) is 3.46. The molecule has 0 aliphatic carbocycles. The lowest BCUT2D eigenvalue weighted by atomic mass is 9.98. The quantitative estimate of drug-likeness (QED) is 0.739. The van der Waals surface area contributed by atoms with Crippen molar-refractivity contribution in [1.29, 1.82) is 0 Å². The minimum Gasteiger partial charge on any atom is -0.373 e. The Morgan fingerprint density at radius 1 is 1.62 bits per heavy atom. The van der Waals surface area contributed by atoms with Gasteiger partial charge in [0, 0.05) is 13.2 Å². The van der Waals surface area contributed by atoms with Crippen molar-refractivity contribution in [3.8, 4) is 0 Å². The first-order valence-corrected chi connectivity index (χ1v) is 6.16. The van der Waals surface area contributed by atoms with Crippen LogP contribution in [-0.2, 0) is 9.53 Å². The van der Waals surface area contributed by atoms with Crippen molar-refractivity contribution >= 4 is 5.91 Å². The van der Waals surface area contributed by atoms with Gasteiger partial charge in [-0.25, -0.2) is 0 Å². The van der Waals surface area contributed by atoms with Gasteiger partial charge in [0.1, 0.15) is 0 Å². The zero-order valence-electron chi connectivity index (χ0n) is 10.6. The van der Waals surface area contributed by atoms with Crippen molar-refractivity contribution in [2.75, 3.05) is 13.2 Å². The molecule has 0 aromatic carbocycles. The molecule has 0 radical (unpaired) electrons. The minimum atomic E-state index is -0.407. The normalized spacial score (nSPS) is 28.8. The van der Waals surface area contributed by atoms with E-state index in [0.717, 1.165) is 25.9 Å². The van der Waals surface area contributed by atoms with Crippen molar-refractivity contribution in [2.45, 2.75) is 51.7 Å². The molecule has 1 aliphatic rings. The molecule has 0 saturated carbocycles. The van der Waals surface area contributed by atoms with Crippen LogP contribution in [-0.4, -0.2) is 30.7 Å². The fraction of sp³-hybridized carbons (Fsp3) is 0.917. The molecule has 94 valence electrons. The minimum absolute atomic E-state index is 0.0638. The van der Waals surface area contributed by atoms with Gasteiger partial charge >= 0.3 is 0 Å². The van der Waals surface area contributed by atoms with Gasteiger partial charge in [-0.1, -0.05) is 20.3 Å². The highest BCUT2D eigenvalue weighted by Crippen LogP contribution is 2.23. The summed E-state index contributed by atoms with van der Waals surface area (Å²) >= 11 is 0. The van der Waals surface area contributed by atoms with Crippen LogP contribution >= 0.6 is 0 Å². The third-order valence-corrected chi connectivity index (χ3v) is 3.50. The second-order valence-electron chi connectivity index (χ2n) is 5.03. The number of carbonyl (C=O) groups is 1. The van der Waals surface area contributed by atoms with E-state index < -0.39 is 6.04 Å². The maximum absolute atomic E-state index is 11.8. The highest BCUT2D eigenvalue weighted by molar-refractivity contribution is 5.81. The SMILES string of the molecule is CCC(C)[C@H](N)C(=O)NCC1(C)CCCO1. The molecule has 1 aliphatic heterocycles. The summed E-state index contributed by atoms with van der Waals surface area (Å²) in [5.41, 5.74) is 5.66. The number of nitrogens with two attached hydrogens (primary N) is 1. The Bertz CT molecular complexity index is 237. The Morgan fingerprint density at radius 2 is 2.31 bits per heavy atom. The molecule has 0 spiro atoms. The van der Waals surface area contributed by atoms with Gasteiger partial charge in [0.2, 0.25) is 5.91 Å². The molecule has 1 amide bonds. The van der Waals surface area contributed by atoms with Crippen LogP contribution in [0, 0.1) is 5.92 Å². The summed E-state index contributed by atoms with van der Waals surface area (Å²) < 4.78 is 5.60. The smallest absolute Gasteiger partial charge is 0.237 e. The fourth-order valence-corrected chi connectivity index (χ4v) is 1.88. The molecule has 1 heterocycles. The molecule has 1 rings (SSSR count). The zero-order valence-corrected chi connectivity index (χ0v) is 10.6. The lowest BCUT2D eigenvalue weighted by molar-refractivity contribution is -0.124. The number of nitrogens with one attached hydrogen (secondary N) is 1. The van der Waals surface area contributed by atoms with E-state index in [1.165, 1.54) is 0 Å². The van der Waals surface area contributed by atoms with Gasteiger partial charge in [-0.2, -0.15) is 0 Å². The van der Waals surface area contributed by atoms with Crippen molar-refractivity contribution in [3.63, 3.8) is 0 Å². The molecular formula is C12H24N2O2. The summed E-state index contributed by atoms with van der Waals surface area (Å²) in [7, 11) is 0. The molecule has 4 nitrogen and oxygen atoms in total. The summed E-state index contributed by atoms with van der Waals surface area (Å²) in [5.74, 6) is 0.156. The van der Waals surface area contributed by atoms with Crippen LogP contribution in [0.25, 0.3) is 0 Å². The number of hydrogen-bond donors (Lipinski definition) is 2. The van der Waals surface area contributed by atoms with E-state index in [0.29, 0.717) is 6.54 Å². The van der Waals surface area contributed by atoms with Gasteiger partial charge in [0.25, 0.3) is 0 Å². The number of carbonyl (C=O) groups excluding carboxylic acids is 1. The van der Waals surface area contributed by atoms with Crippen molar-refractivity contribution in [3.05, 3.63) is 0 Å². The Morgan fingerprint density at radius 3 is 2.81 bits per heavy atom. The molecule has 3 atom stereocenters. The molecule has 0 aromatic heterocycles. The summed E-state index contributed by atoms with van der Waals surface area (Å²) in [6.07, 6.45) is 3.00. The monoisotopic (exact) mass is 228 g/mol. The number of hydrogen-bond acceptors (Lipinski definition) is 3. The van der Waals surface area contributed by atoms with Crippen LogP contribution in [0.5, 0.6) is 0 Å². The molecule has 1 saturated heterocycles. The maximum atomic E-state index is 11.8. The topological polar surface area (TPSA) is 64.4 Å². The molecule has 0 bridgehead atoms. The van der Waals surface area contributed by atoms with E-state index in [9.17, 15) is 4.79 Å². The molecule has 4 heteroatoms. The van der Waals surface area contributed by atoms with E-state index in [4.69, 9.17) is 10.5 Å². The Hall–Kier alpha value is -0.610. The molecule has 16 heavy (non-hydrogen) atoms. The highest BCUT2D eigenvalue weighted by Gasteiger charge is 2.31. The Labute approximate surface area is 97.9 Å². The van der Waals surface area contributed by atoms with E-state index in [1.807, 2.05) is 20.8 Å². The predicted molar refractivity (Wildman–Crippen MR) is 64.0 cm³/mol. The van der Waals surface area contributed by atoms with Gasteiger partial charge in [0.05, 0.1) is 11.6 Å². The Balaban J connectivity index is 2.34. The molecule has 3 N–H and O–H groups in total. The van der Waals surface area contributed by atoms with Crippen LogP contribution in [0.3, 0.4) is 0 Å². The zero-order chi connectivity index (χ0) is 12.2. The van der Waals surface area contributed by atoms with Gasteiger partial charge in [0.15, 0.2) is 0 Å². The Kier molecular flexibility index (Phi) is 4.74. The van der Waals surface area contributed by atoms with Crippen LogP contribution in [0.1, 0.15) is 40.0 Å². The predicted octanol–water partition coefficient (Wildman–Crippen LogP) is 1.05. The highest BCUT2D eigenvalue weighted by atomic mass is 16.5. The van der Waals surface area contributed by atoms with E-state index in [-0.39, 0.29) is 17.4 Å². The standard InChI is InChI=1S/C12H24N2O2/c1-4-9(2)10(13)11(15)14-8-12(3)6-5-7-16-12/h9-10H,4-8,13H2,1-3H3,(H,14,15)/t9?,10-,12?/m0/s1. The summed E-state index contributed by atoms with van der Waals surface area (Å²) in [4.78, 5) is 11.8. The second kappa shape index (κ2) is 5.64. The number of amides is 1. The largest absolute Gasteiger partial charge is 0.373 e. The second-order valence-corrected chi connectivity index (χ2v) is 5.03. The summed E-state index contributed by atoms with van der Waals surface area (Å²) in [6, 6.07) is -0.407. The lowest BCUT2D eigenvalue weighted by Gasteiger charge is -2.25. The average Bonchev–Trinajstić information content (AvgIpc) is 2.71. The first-order valence-electron chi connectivity index (χ1n) is 6.16. The molecule has 2 unspecified atom stereocenters. The average molecular weight is 228 g/mol. The number of ether oxygens (including phenoxy) is 1. The fourth-order valence-electron chi connectivity index (χ4n) is 1.88. The number of rotatable bonds is 5. The molecule has 1 fully saturated rings. The van der Waals surface area contributed by atoms with Crippen molar-refractivity contribution in [1.82, 2.24) is 5.32 Å². The first kappa shape index (κ1) is 13.5. The van der Waals surface area contributed by atoms with E-state index in [1.54, 1.807) is 0 Å². The van der Waals surface area contributed by atoms with Crippen LogP contribution < -0.4 is 11.1 Å². The van der Waals surface area contributed by atoms with Crippen molar-refractivity contribution in [2.24, 2.45) is 11.7 Å².